The Morgan fingerprint density at radius 2 is 1.80 bits per heavy atom. The van der Waals surface area contributed by atoms with Crippen molar-refractivity contribution in [3.05, 3.63) is 68.7 Å². The van der Waals surface area contributed by atoms with Crippen LogP contribution in [0.2, 0.25) is 10.0 Å². The number of ether oxygens (including phenoxy) is 1. The summed E-state index contributed by atoms with van der Waals surface area (Å²) in [4.78, 5) is 31.6. The molecule has 5 rings (SSSR count). The van der Waals surface area contributed by atoms with Crippen LogP contribution in [0.25, 0.3) is 0 Å². The molecule has 13 heteroatoms. The van der Waals surface area contributed by atoms with E-state index in [9.17, 15) is 18.0 Å². The van der Waals surface area contributed by atoms with Crippen molar-refractivity contribution in [3.63, 3.8) is 0 Å². The molecule has 0 spiro atoms. The van der Waals surface area contributed by atoms with E-state index in [0.29, 0.717) is 28.6 Å². The van der Waals surface area contributed by atoms with Gasteiger partial charge < -0.3 is 4.74 Å². The quantitative estimate of drug-likeness (QED) is 0.321. The number of halogens is 3. The molecule has 40 heavy (non-hydrogen) atoms. The number of aromatic nitrogens is 2. The zero-order chi connectivity index (χ0) is 28.8. The Morgan fingerprint density at radius 1 is 1.15 bits per heavy atom. The smallest absolute Gasteiger partial charge is 0.302 e. The van der Waals surface area contributed by atoms with E-state index in [0.717, 1.165) is 22.9 Å². The van der Waals surface area contributed by atoms with Crippen molar-refractivity contribution in [2.24, 2.45) is 0 Å². The van der Waals surface area contributed by atoms with E-state index >= 15 is 0 Å². The molecule has 0 bridgehead atoms. The molecule has 2 aromatic carbocycles. The van der Waals surface area contributed by atoms with Gasteiger partial charge in [0.25, 0.3) is 15.9 Å². The average Bonchev–Trinajstić information content (AvgIpc) is 3.39. The van der Waals surface area contributed by atoms with Gasteiger partial charge in [-0.05, 0) is 62.1 Å². The maximum Gasteiger partial charge on any atom is 0.302 e. The van der Waals surface area contributed by atoms with E-state index in [1.165, 1.54) is 22.6 Å². The minimum Gasteiger partial charge on any atom is -0.461 e. The number of nitrogens with zero attached hydrogens (tertiary/aromatic N) is 3. The van der Waals surface area contributed by atoms with Crippen LogP contribution in [0.3, 0.4) is 0 Å². The van der Waals surface area contributed by atoms with E-state index in [2.05, 4.69) is 25.6 Å². The van der Waals surface area contributed by atoms with Crippen molar-refractivity contribution in [1.29, 1.82) is 0 Å². The zero-order valence-corrected chi connectivity index (χ0v) is 25.6. The first kappa shape index (κ1) is 29.1. The topological polar surface area (TPSA) is 111 Å². The van der Waals surface area contributed by atoms with Crippen LogP contribution in [-0.2, 0) is 36.3 Å². The van der Waals surface area contributed by atoms with E-state index in [1.807, 2.05) is 24.3 Å². The number of nitrogens with one attached hydrogen (secondary N) is 1. The number of rotatable bonds is 7. The lowest BCUT2D eigenvalue weighted by molar-refractivity contribution is -0.148. The molecule has 0 radical (unpaired) electrons. The molecule has 1 amide bonds. The van der Waals surface area contributed by atoms with Gasteiger partial charge in [-0.15, -0.1) is 0 Å². The summed E-state index contributed by atoms with van der Waals surface area (Å²) in [5.74, 6) is -0.725. The predicted molar refractivity (Wildman–Crippen MR) is 155 cm³/mol. The van der Waals surface area contributed by atoms with Gasteiger partial charge in [-0.2, -0.15) is 0 Å². The van der Waals surface area contributed by atoms with Crippen molar-refractivity contribution in [1.82, 2.24) is 14.3 Å². The van der Waals surface area contributed by atoms with Gasteiger partial charge in [-0.1, -0.05) is 57.7 Å². The van der Waals surface area contributed by atoms with Crippen LogP contribution in [0.15, 0.2) is 58.2 Å². The molecular weight excluding hydrogens is 643 g/mol. The third-order valence-electron chi connectivity index (χ3n) is 7.24. The Hall–Kier alpha value is -2.44. The number of carbonyl (C=O) groups excluding carboxylic acids is 2. The van der Waals surface area contributed by atoms with Gasteiger partial charge in [0, 0.05) is 27.9 Å². The van der Waals surface area contributed by atoms with E-state index < -0.39 is 33.7 Å². The van der Waals surface area contributed by atoms with Gasteiger partial charge in [0.05, 0.1) is 17.9 Å². The Balaban J connectivity index is 1.60. The SMILES string of the molecule is CC(=O)O[C@@H]1CCCCC1NS(=O)(=O)c1cnc2n1[C@](C)(Cc1ccc(Br)cc1)C(=O)N2c1cc(Cl)cc(Cl)c1. The molecule has 1 N–H and O–H groups in total. The van der Waals surface area contributed by atoms with E-state index in [-0.39, 0.29) is 23.3 Å². The lowest BCUT2D eigenvalue weighted by Gasteiger charge is -2.32. The first-order chi connectivity index (χ1) is 18.9. The van der Waals surface area contributed by atoms with Crippen LogP contribution < -0.4 is 9.62 Å². The third kappa shape index (κ3) is 5.54. The summed E-state index contributed by atoms with van der Waals surface area (Å²) in [7, 11) is -4.21. The predicted octanol–water partition coefficient (Wildman–Crippen LogP) is 5.74. The second-order valence-corrected chi connectivity index (χ2v) is 13.7. The summed E-state index contributed by atoms with van der Waals surface area (Å²) in [6, 6.07) is 11.6. The summed E-state index contributed by atoms with van der Waals surface area (Å²) in [5, 5.41) is 0.467. The number of anilines is 2. The average molecular weight is 670 g/mol. The van der Waals surface area contributed by atoms with Crippen LogP contribution in [0.4, 0.5) is 11.6 Å². The Bertz CT molecular complexity index is 1560. The van der Waals surface area contributed by atoms with Crippen molar-refractivity contribution in [2.75, 3.05) is 4.90 Å². The highest BCUT2D eigenvalue weighted by Crippen LogP contribution is 2.44. The van der Waals surface area contributed by atoms with Crippen LogP contribution in [0.1, 0.15) is 45.1 Å². The standard InChI is InChI=1S/C27H27BrCl2N4O5S/c1-16(35)39-23-6-4-3-5-22(23)32-40(37,38)24-15-31-26-33(21-12-19(29)11-20(30)13-21)25(36)27(2,34(24)26)14-17-7-9-18(28)10-8-17/h7-13,15,22-23,32H,3-6,14H2,1-2H3/t22?,23-,27-/m1/s1. The van der Waals surface area contributed by atoms with Crippen molar-refractivity contribution >= 4 is 72.7 Å². The minimum atomic E-state index is -4.21. The molecule has 1 unspecified atom stereocenters. The first-order valence-electron chi connectivity index (χ1n) is 12.7. The molecule has 212 valence electrons. The molecule has 2 aliphatic rings. The maximum absolute atomic E-state index is 14.2. The lowest BCUT2D eigenvalue weighted by Crippen LogP contribution is -2.48. The van der Waals surface area contributed by atoms with Crippen LogP contribution in [0, 0.1) is 0 Å². The molecule has 1 aromatic heterocycles. The largest absolute Gasteiger partial charge is 0.461 e. The molecule has 3 aromatic rings. The Kier molecular flexibility index (Phi) is 8.06. The van der Waals surface area contributed by atoms with Gasteiger partial charge in [0.15, 0.2) is 5.03 Å². The molecule has 1 fully saturated rings. The fraction of sp³-hybridized carbons (Fsp3) is 0.370. The summed E-state index contributed by atoms with van der Waals surface area (Å²) < 4.78 is 38.3. The number of hydrogen-bond donors (Lipinski definition) is 1. The number of sulfonamides is 1. The zero-order valence-electron chi connectivity index (χ0n) is 21.7. The van der Waals surface area contributed by atoms with Crippen molar-refractivity contribution < 1.29 is 22.7 Å². The molecular formula is C27H27BrCl2N4O5S. The van der Waals surface area contributed by atoms with Crippen molar-refractivity contribution in [2.45, 2.75) is 68.7 Å². The Labute approximate surface area is 251 Å². The highest BCUT2D eigenvalue weighted by molar-refractivity contribution is 9.10. The molecule has 1 saturated carbocycles. The monoisotopic (exact) mass is 668 g/mol. The number of esters is 1. The number of benzene rings is 2. The van der Waals surface area contributed by atoms with Crippen LogP contribution >= 0.6 is 39.1 Å². The maximum atomic E-state index is 14.2. The fourth-order valence-electron chi connectivity index (χ4n) is 5.47. The summed E-state index contributed by atoms with van der Waals surface area (Å²) in [6.45, 7) is 3.00. The minimum absolute atomic E-state index is 0.128. The second-order valence-electron chi connectivity index (χ2n) is 10.2. The highest BCUT2D eigenvalue weighted by Gasteiger charge is 2.52. The number of carbonyl (C=O) groups is 2. The number of hydrogen-bond acceptors (Lipinski definition) is 6. The Morgan fingerprint density at radius 3 is 2.45 bits per heavy atom. The summed E-state index contributed by atoms with van der Waals surface area (Å²) in [5.41, 5.74) is -0.170. The molecule has 1 aliphatic carbocycles. The fourth-order valence-corrected chi connectivity index (χ4v) is 7.75. The third-order valence-corrected chi connectivity index (χ3v) is 9.65. The lowest BCUT2D eigenvalue weighted by atomic mass is 9.92. The summed E-state index contributed by atoms with van der Waals surface area (Å²) >= 11 is 15.9. The van der Waals surface area contributed by atoms with Gasteiger partial charge in [0.1, 0.15) is 11.6 Å². The molecule has 1 aliphatic heterocycles. The number of imidazole rings is 1. The van der Waals surface area contributed by atoms with Crippen LogP contribution in [-0.4, -0.2) is 42.0 Å². The molecule has 9 nitrogen and oxygen atoms in total. The van der Waals surface area contributed by atoms with Gasteiger partial charge >= 0.3 is 5.97 Å². The van der Waals surface area contributed by atoms with E-state index in [4.69, 9.17) is 27.9 Å². The van der Waals surface area contributed by atoms with Gasteiger partial charge in [0.2, 0.25) is 5.95 Å². The summed E-state index contributed by atoms with van der Waals surface area (Å²) in [6.07, 6.45) is 3.54. The molecule has 3 atom stereocenters. The molecule has 0 saturated heterocycles. The molecule has 2 heterocycles. The second kappa shape index (κ2) is 11.1. The van der Waals surface area contributed by atoms with Crippen molar-refractivity contribution in [3.8, 4) is 0 Å². The van der Waals surface area contributed by atoms with Gasteiger partial charge in [-0.25, -0.2) is 23.0 Å². The number of fused-ring (bicyclic) bond motifs is 1. The normalized spacial score (nSPS) is 22.8. The number of amides is 1. The van der Waals surface area contributed by atoms with Crippen LogP contribution in [0.5, 0.6) is 0 Å². The van der Waals surface area contributed by atoms with E-state index in [1.54, 1.807) is 25.1 Å². The van der Waals surface area contributed by atoms with Gasteiger partial charge in [-0.3, -0.25) is 14.2 Å². The first-order valence-corrected chi connectivity index (χ1v) is 15.7. The highest BCUT2D eigenvalue weighted by atomic mass is 79.9.